The van der Waals surface area contributed by atoms with E-state index in [0.29, 0.717) is 0 Å². The van der Waals surface area contributed by atoms with Gasteiger partial charge in [-0.3, -0.25) is 9.59 Å². The van der Waals surface area contributed by atoms with Crippen LogP contribution in [0.2, 0.25) is 0 Å². The van der Waals surface area contributed by atoms with Gasteiger partial charge in [0.2, 0.25) is 0 Å². The van der Waals surface area contributed by atoms with Gasteiger partial charge in [-0.2, -0.15) is 0 Å². The highest BCUT2D eigenvalue weighted by Crippen LogP contribution is 2.49. The number of carboxylic acid groups (broad SMARTS) is 2. The second kappa shape index (κ2) is 11.0. The molecule has 0 spiro atoms. The lowest BCUT2D eigenvalue weighted by atomic mass is 9.87. The van der Waals surface area contributed by atoms with Crippen LogP contribution in [0.4, 0.5) is 11.4 Å². The molecule has 0 radical (unpaired) electrons. The van der Waals surface area contributed by atoms with Crippen molar-refractivity contribution in [2.24, 2.45) is 0 Å². The highest BCUT2D eigenvalue weighted by molar-refractivity contribution is 5.83. The summed E-state index contributed by atoms with van der Waals surface area (Å²) in [5.41, 5.74) is 4.72. The number of aliphatic carboxylic acids is 2. The van der Waals surface area contributed by atoms with Gasteiger partial charge in [0.25, 0.3) is 0 Å². The van der Waals surface area contributed by atoms with Crippen LogP contribution in [0, 0.1) is 0 Å². The maximum atomic E-state index is 12.5. The maximum absolute atomic E-state index is 12.5. The van der Waals surface area contributed by atoms with Gasteiger partial charge in [0, 0.05) is 23.8 Å². The van der Waals surface area contributed by atoms with Crippen LogP contribution in [-0.2, 0) is 9.59 Å². The summed E-state index contributed by atoms with van der Waals surface area (Å²) in [6.07, 6.45) is 3.06. The first kappa shape index (κ1) is 28.3. The largest absolute Gasteiger partial charge is 0.481 e. The quantitative estimate of drug-likeness (QED) is 0.345. The Morgan fingerprint density at radius 1 is 0.622 bits per heavy atom. The predicted molar refractivity (Wildman–Crippen MR) is 151 cm³/mol. The number of anilines is 2. The van der Waals surface area contributed by atoms with Crippen molar-refractivity contribution in [1.82, 2.24) is 0 Å². The van der Waals surface area contributed by atoms with E-state index in [4.69, 9.17) is 0 Å². The number of para-hydroxylation sites is 2. The van der Waals surface area contributed by atoms with E-state index in [-0.39, 0.29) is 36.5 Å². The zero-order valence-corrected chi connectivity index (χ0v) is 23.4. The van der Waals surface area contributed by atoms with Crippen molar-refractivity contribution < 1.29 is 19.8 Å². The molecule has 3 rings (SSSR count). The average Bonchev–Trinajstić information content (AvgIpc) is 3.13. The molecule has 2 aromatic carbocycles. The molecule has 0 fully saturated rings. The van der Waals surface area contributed by atoms with E-state index in [1.54, 1.807) is 0 Å². The van der Waals surface area contributed by atoms with Gasteiger partial charge in [0.15, 0.2) is 0 Å². The Balaban J connectivity index is 2.43. The molecule has 0 saturated carbocycles. The third kappa shape index (κ3) is 5.39. The summed E-state index contributed by atoms with van der Waals surface area (Å²) >= 11 is 0. The standard InChI is InChI=1S/C31H42N2O4/c1-19(2)23-11-9-12-24(20(3)4)29(23)32-15-16-33(31(32,17-27(34)35)18-28(36)37)30-25(21(5)6)13-10-14-26(30)22(7)8/h9-16,19-22H,17-18H2,1-8H3,(H,34,35)(H,36,37). The summed E-state index contributed by atoms with van der Waals surface area (Å²) in [5.74, 6) is -1.42. The van der Waals surface area contributed by atoms with Crippen molar-refractivity contribution >= 4 is 23.3 Å². The number of carboxylic acids is 2. The van der Waals surface area contributed by atoms with E-state index in [9.17, 15) is 19.8 Å². The molecule has 0 unspecified atom stereocenters. The molecule has 0 saturated heterocycles. The summed E-state index contributed by atoms with van der Waals surface area (Å²) in [6.45, 7) is 16.9. The van der Waals surface area contributed by atoms with Crippen LogP contribution in [0.15, 0.2) is 48.8 Å². The summed E-state index contributed by atoms with van der Waals surface area (Å²) < 4.78 is 0. The van der Waals surface area contributed by atoms with E-state index in [1.807, 2.05) is 34.3 Å². The van der Waals surface area contributed by atoms with E-state index in [1.165, 1.54) is 0 Å². The van der Waals surface area contributed by atoms with Crippen LogP contribution in [0.25, 0.3) is 0 Å². The number of carbonyl (C=O) groups is 2. The van der Waals surface area contributed by atoms with E-state index in [2.05, 4.69) is 79.7 Å². The second-order valence-corrected chi connectivity index (χ2v) is 11.4. The first-order valence-corrected chi connectivity index (χ1v) is 13.3. The first-order chi connectivity index (χ1) is 17.3. The number of hydrogen-bond acceptors (Lipinski definition) is 4. The molecular formula is C31H42N2O4. The fraction of sp³-hybridized carbons (Fsp3) is 0.484. The zero-order chi connectivity index (χ0) is 27.7. The predicted octanol–water partition coefficient (Wildman–Crippen LogP) is 7.62. The van der Waals surface area contributed by atoms with Crippen LogP contribution in [0.1, 0.15) is 114 Å². The molecule has 1 heterocycles. The number of hydrogen-bond donors (Lipinski definition) is 2. The monoisotopic (exact) mass is 506 g/mol. The lowest BCUT2D eigenvalue weighted by molar-refractivity contribution is -0.140. The highest BCUT2D eigenvalue weighted by atomic mass is 16.4. The lowest BCUT2D eigenvalue weighted by Gasteiger charge is -2.47. The highest BCUT2D eigenvalue weighted by Gasteiger charge is 2.50. The molecule has 1 aliphatic heterocycles. The molecule has 2 aromatic rings. The molecule has 6 heteroatoms. The molecule has 0 bridgehead atoms. The molecule has 37 heavy (non-hydrogen) atoms. The molecule has 0 aliphatic carbocycles. The normalized spacial score (nSPS) is 15.0. The van der Waals surface area contributed by atoms with Crippen LogP contribution in [0.3, 0.4) is 0 Å². The molecule has 2 N–H and O–H groups in total. The lowest BCUT2D eigenvalue weighted by Crippen LogP contribution is -2.57. The van der Waals surface area contributed by atoms with Crippen LogP contribution >= 0.6 is 0 Å². The van der Waals surface area contributed by atoms with Crippen LogP contribution in [-0.4, -0.2) is 27.8 Å². The Morgan fingerprint density at radius 3 is 1.11 bits per heavy atom. The number of nitrogens with zero attached hydrogens (tertiary/aromatic N) is 2. The van der Waals surface area contributed by atoms with Gasteiger partial charge in [0.05, 0.1) is 12.8 Å². The topological polar surface area (TPSA) is 81.1 Å². The number of rotatable bonds is 10. The second-order valence-electron chi connectivity index (χ2n) is 11.4. The molecule has 0 amide bonds. The minimum absolute atomic E-state index is 0.165. The van der Waals surface area contributed by atoms with E-state index in [0.717, 1.165) is 33.6 Å². The molecule has 200 valence electrons. The molecule has 1 aliphatic rings. The van der Waals surface area contributed by atoms with Gasteiger partial charge in [-0.05, 0) is 45.9 Å². The van der Waals surface area contributed by atoms with Crippen molar-refractivity contribution in [1.29, 1.82) is 0 Å². The van der Waals surface area contributed by atoms with E-state index < -0.39 is 17.6 Å². The fourth-order valence-corrected chi connectivity index (χ4v) is 5.56. The molecular weight excluding hydrogens is 464 g/mol. The SMILES string of the molecule is CC(C)c1cccc(C(C)C)c1N1C=CN(c2c(C(C)C)cccc2C(C)C)C1(CC(=O)O)CC(=O)O. The van der Waals surface area contributed by atoms with Gasteiger partial charge in [-0.1, -0.05) is 91.8 Å². The Bertz CT molecular complexity index is 1040. The summed E-state index contributed by atoms with van der Waals surface area (Å²) in [6, 6.07) is 12.3. The van der Waals surface area contributed by atoms with Gasteiger partial charge >= 0.3 is 11.9 Å². The van der Waals surface area contributed by atoms with Gasteiger partial charge < -0.3 is 20.0 Å². The van der Waals surface area contributed by atoms with Crippen molar-refractivity contribution in [2.75, 3.05) is 9.80 Å². The molecule has 0 aromatic heterocycles. The summed E-state index contributed by atoms with van der Waals surface area (Å²) in [4.78, 5) is 28.9. The maximum Gasteiger partial charge on any atom is 0.307 e. The van der Waals surface area contributed by atoms with Gasteiger partial charge in [-0.25, -0.2) is 0 Å². The fourth-order valence-electron chi connectivity index (χ4n) is 5.56. The van der Waals surface area contributed by atoms with Crippen molar-refractivity contribution in [3.8, 4) is 0 Å². The number of benzene rings is 2. The Kier molecular flexibility index (Phi) is 8.41. The van der Waals surface area contributed by atoms with Crippen LogP contribution < -0.4 is 9.80 Å². The Morgan fingerprint density at radius 2 is 0.892 bits per heavy atom. The molecule has 6 nitrogen and oxygen atoms in total. The van der Waals surface area contributed by atoms with E-state index >= 15 is 0 Å². The van der Waals surface area contributed by atoms with Gasteiger partial charge in [-0.15, -0.1) is 0 Å². The zero-order valence-electron chi connectivity index (χ0n) is 23.4. The summed E-state index contributed by atoms with van der Waals surface area (Å²) in [7, 11) is 0. The van der Waals surface area contributed by atoms with Crippen LogP contribution in [0.5, 0.6) is 0 Å². The van der Waals surface area contributed by atoms with Crippen molar-refractivity contribution in [2.45, 2.75) is 97.6 Å². The third-order valence-corrected chi connectivity index (χ3v) is 7.30. The molecule has 0 atom stereocenters. The third-order valence-electron chi connectivity index (χ3n) is 7.30. The van der Waals surface area contributed by atoms with Crippen molar-refractivity contribution in [3.05, 3.63) is 71.1 Å². The Hall–Kier alpha value is -3.28. The smallest absolute Gasteiger partial charge is 0.307 e. The van der Waals surface area contributed by atoms with Gasteiger partial charge in [0.1, 0.15) is 5.66 Å². The minimum Gasteiger partial charge on any atom is -0.481 e. The summed E-state index contributed by atoms with van der Waals surface area (Å²) in [5, 5.41) is 20.4. The average molecular weight is 507 g/mol. The first-order valence-electron chi connectivity index (χ1n) is 13.3. The van der Waals surface area contributed by atoms with Crippen molar-refractivity contribution in [3.63, 3.8) is 0 Å². The Labute approximate surface area is 221 Å². The minimum atomic E-state index is -1.36.